The van der Waals surface area contributed by atoms with E-state index in [1.165, 1.54) is 12.7 Å². The number of amides is 1. The van der Waals surface area contributed by atoms with Crippen molar-refractivity contribution < 1.29 is 19.1 Å². The Hall–Kier alpha value is -2.82. The molecule has 24 heavy (non-hydrogen) atoms. The molecule has 0 saturated heterocycles. The van der Waals surface area contributed by atoms with E-state index in [2.05, 4.69) is 10.1 Å². The van der Waals surface area contributed by atoms with Crippen LogP contribution in [0, 0.1) is 13.8 Å². The van der Waals surface area contributed by atoms with Gasteiger partial charge in [-0.15, -0.1) is 0 Å². The van der Waals surface area contributed by atoms with Gasteiger partial charge in [-0.2, -0.15) is 0 Å². The first-order valence-corrected chi connectivity index (χ1v) is 7.64. The number of nitrogens with one attached hydrogen (secondary N) is 1. The summed E-state index contributed by atoms with van der Waals surface area (Å²) in [5, 5.41) is 2.76. The Morgan fingerprint density at radius 2 is 1.67 bits per heavy atom. The lowest BCUT2D eigenvalue weighted by Crippen LogP contribution is -2.30. The van der Waals surface area contributed by atoms with Crippen molar-refractivity contribution in [1.29, 1.82) is 0 Å². The Morgan fingerprint density at radius 3 is 2.25 bits per heavy atom. The summed E-state index contributed by atoms with van der Waals surface area (Å²) in [4.78, 5) is 23.6. The molecular weight excluding hydrogens is 306 g/mol. The van der Waals surface area contributed by atoms with Crippen LogP contribution in [0.5, 0.6) is 5.75 Å². The molecule has 0 aliphatic rings. The number of esters is 1. The number of carbonyl (C=O) groups is 2. The Kier molecular flexibility index (Phi) is 5.58. The molecule has 0 spiro atoms. The third kappa shape index (κ3) is 4.35. The summed E-state index contributed by atoms with van der Waals surface area (Å²) < 4.78 is 10.3. The first-order chi connectivity index (χ1) is 11.4. The maximum absolute atomic E-state index is 12.2. The highest BCUT2D eigenvalue weighted by molar-refractivity contribution is 5.95. The number of anilines is 1. The molecule has 0 bridgehead atoms. The molecule has 0 radical (unpaired) electrons. The number of benzene rings is 2. The van der Waals surface area contributed by atoms with E-state index >= 15 is 0 Å². The van der Waals surface area contributed by atoms with Crippen LogP contribution in [-0.4, -0.2) is 25.1 Å². The van der Waals surface area contributed by atoms with Crippen LogP contribution >= 0.6 is 0 Å². The van der Waals surface area contributed by atoms with Crippen LogP contribution in [0.25, 0.3) is 0 Å². The molecule has 5 nitrogen and oxygen atoms in total. The molecule has 1 amide bonds. The number of methoxy groups -OCH3 is 1. The molecule has 5 heteroatoms. The third-order valence-corrected chi connectivity index (χ3v) is 3.73. The molecule has 126 valence electrons. The average molecular weight is 327 g/mol. The van der Waals surface area contributed by atoms with Crippen LogP contribution in [0.1, 0.15) is 28.4 Å². The van der Waals surface area contributed by atoms with Gasteiger partial charge in [0.05, 0.1) is 12.7 Å². The molecule has 2 aromatic carbocycles. The van der Waals surface area contributed by atoms with E-state index < -0.39 is 12.1 Å². The normalized spacial score (nSPS) is 11.5. The summed E-state index contributed by atoms with van der Waals surface area (Å²) in [7, 11) is 1.32. The zero-order valence-corrected chi connectivity index (χ0v) is 14.3. The van der Waals surface area contributed by atoms with Crippen LogP contribution in [0.15, 0.2) is 42.5 Å². The van der Waals surface area contributed by atoms with Crippen molar-refractivity contribution >= 4 is 17.6 Å². The second-order valence-electron chi connectivity index (χ2n) is 5.56. The molecule has 1 N–H and O–H groups in total. The summed E-state index contributed by atoms with van der Waals surface area (Å²) in [5.74, 6) is -0.0276. The zero-order chi connectivity index (χ0) is 17.7. The van der Waals surface area contributed by atoms with Gasteiger partial charge < -0.3 is 14.8 Å². The van der Waals surface area contributed by atoms with Gasteiger partial charge in [0.25, 0.3) is 5.91 Å². The van der Waals surface area contributed by atoms with Gasteiger partial charge >= 0.3 is 5.97 Å². The van der Waals surface area contributed by atoms with Crippen molar-refractivity contribution in [3.05, 3.63) is 59.2 Å². The maximum atomic E-state index is 12.2. The smallest absolute Gasteiger partial charge is 0.337 e. The fraction of sp³-hybridized carbons (Fsp3) is 0.263. The van der Waals surface area contributed by atoms with E-state index in [4.69, 9.17) is 4.74 Å². The van der Waals surface area contributed by atoms with Crippen molar-refractivity contribution in [2.24, 2.45) is 0 Å². The maximum Gasteiger partial charge on any atom is 0.337 e. The first kappa shape index (κ1) is 17.5. The second kappa shape index (κ2) is 7.64. The molecular formula is C19H21NO4. The van der Waals surface area contributed by atoms with Gasteiger partial charge in [-0.3, -0.25) is 4.79 Å². The Morgan fingerprint density at radius 1 is 1.00 bits per heavy atom. The first-order valence-electron chi connectivity index (χ1n) is 7.64. The summed E-state index contributed by atoms with van der Waals surface area (Å²) >= 11 is 0. The van der Waals surface area contributed by atoms with Gasteiger partial charge in [-0.1, -0.05) is 6.07 Å². The quantitative estimate of drug-likeness (QED) is 0.854. The van der Waals surface area contributed by atoms with E-state index in [-0.39, 0.29) is 5.91 Å². The minimum atomic E-state index is -0.646. The highest BCUT2D eigenvalue weighted by atomic mass is 16.5. The van der Waals surface area contributed by atoms with E-state index in [1.807, 2.05) is 32.0 Å². The van der Waals surface area contributed by atoms with E-state index in [9.17, 15) is 9.59 Å². The van der Waals surface area contributed by atoms with E-state index in [0.717, 1.165) is 5.56 Å². The number of rotatable bonds is 5. The minimum Gasteiger partial charge on any atom is -0.481 e. The predicted molar refractivity (Wildman–Crippen MR) is 92.4 cm³/mol. The van der Waals surface area contributed by atoms with Crippen molar-refractivity contribution in [3.8, 4) is 5.75 Å². The lowest BCUT2D eigenvalue weighted by molar-refractivity contribution is -0.122. The Labute approximate surface area is 141 Å². The van der Waals surface area contributed by atoms with E-state index in [0.29, 0.717) is 17.0 Å². The third-order valence-electron chi connectivity index (χ3n) is 3.73. The predicted octanol–water partition coefficient (Wildman–Crippen LogP) is 3.50. The Bertz CT molecular complexity index is 738. The standard InChI is InChI=1S/C19H21NO4/c1-12-5-10-17(11-13(12)2)24-14(3)18(21)20-16-8-6-15(7-9-16)19(22)23-4/h5-11,14H,1-4H3,(H,20,21)/t14-/m1/s1. The highest BCUT2D eigenvalue weighted by Gasteiger charge is 2.15. The minimum absolute atomic E-state index is 0.265. The molecule has 1 atom stereocenters. The van der Waals surface area contributed by atoms with Gasteiger partial charge in [-0.05, 0) is 68.3 Å². The van der Waals surface area contributed by atoms with Crippen molar-refractivity contribution in [3.63, 3.8) is 0 Å². The molecule has 0 aliphatic carbocycles. The van der Waals surface area contributed by atoms with Crippen LogP contribution < -0.4 is 10.1 Å². The number of hydrogen-bond donors (Lipinski definition) is 1. The summed E-state index contributed by atoms with van der Waals surface area (Å²) in [6, 6.07) is 12.2. The SMILES string of the molecule is COC(=O)c1ccc(NC(=O)[C@@H](C)Oc2ccc(C)c(C)c2)cc1. The van der Waals surface area contributed by atoms with Crippen LogP contribution in [0.2, 0.25) is 0 Å². The van der Waals surface area contributed by atoms with Gasteiger partial charge in [0.15, 0.2) is 6.10 Å². The fourth-order valence-electron chi connectivity index (χ4n) is 2.10. The van der Waals surface area contributed by atoms with Crippen LogP contribution in [0.3, 0.4) is 0 Å². The number of ether oxygens (including phenoxy) is 2. The molecule has 0 fully saturated rings. The van der Waals surface area contributed by atoms with Gasteiger partial charge in [-0.25, -0.2) is 4.79 Å². The number of carbonyl (C=O) groups excluding carboxylic acids is 2. The molecule has 0 aliphatic heterocycles. The average Bonchev–Trinajstić information content (AvgIpc) is 2.58. The number of aryl methyl sites for hydroxylation is 2. The fourth-order valence-corrected chi connectivity index (χ4v) is 2.10. The molecule has 2 rings (SSSR count). The monoisotopic (exact) mass is 327 g/mol. The summed E-state index contributed by atoms with van der Waals surface area (Å²) in [6.07, 6.45) is -0.646. The van der Waals surface area contributed by atoms with Crippen LogP contribution in [-0.2, 0) is 9.53 Å². The summed E-state index contributed by atoms with van der Waals surface area (Å²) in [6.45, 7) is 5.70. The van der Waals surface area contributed by atoms with Crippen LogP contribution in [0.4, 0.5) is 5.69 Å². The van der Waals surface area contributed by atoms with Crippen molar-refractivity contribution in [1.82, 2.24) is 0 Å². The van der Waals surface area contributed by atoms with Gasteiger partial charge in [0.1, 0.15) is 5.75 Å². The highest BCUT2D eigenvalue weighted by Crippen LogP contribution is 2.18. The molecule has 0 heterocycles. The molecule has 0 unspecified atom stereocenters. The topological polar surface area (TPSA) is 64.6 Å². The molecule has 2 aromatic rings. The van der Waals surface area contributed by atoms with Gasteiger partial charge in [0, 0.05) is 5.69 Å². The molecule has 0 saturated carbocycles. The lowest BCUT2D eigenvalue weighted by Gasteiger charge is -2.15. The Balaban J connectivity index is 1.98. The van der Waals surface area contributed by atoms with E-state index in [1.54, 1.807) is 31.2 Å². The van der Waals surface area contributed by atoms with Crippen molar-refractivity contribution in [2.45, 2.75) is 26.9 Å². The molecule has 0 aromatic heterocycles. The largest absolute Gasteiger partial charge is 0.481 e. The summed E-state index contributed by atoms with van der Waals surface area (Å²) in [5.41, 5.74) is 3.29. The second-order valence-corrected chi connectivity index (χ2v) is 5.56. The van der Waals surface area contributed by atoms with Gasteiger partial charge in [0.2, 0.25) is 0 Å². The number of hydrogen-bond acceptors (Lipinski definition) is 4. The van der Waals surface area contributed by atoms with Crippen molar-refractivity contribution in [2.75, 3.05) is 12.4 Å². The lowest BCUT2D eigenvalue weighted by atomic mass is 10.1. The zero-order valence-electron chi connectivity index (χ0n) is 14.3.